The molecule has 4 rings (SSSR count). The zero-order chi connectivity index (χ0) is 28.2. The smallest absolute Gasteiger partial charge is 0.331 e. The lowest BCUT2D eigenvalue weighted by molar-refractivity contribution is -0.153. The van der Waals surface area contributed by atoms with Gasteiger partial charge in [0.15, 0.2) is 12.2 Å². The first-order valence-electron chi connectivity index (χ1n) is 14.3. The molecule has 1 aliphatic carbocycles. The van der Waals surface area contributed by atoms with Crippen molar-refractivity contribution in [3.63, 3.8) is 0 Å². The monoisotopic (exact) mass is 552 g/mol. The molecule has 2 heterocycles. The van der Waals surface area contributed by atoms with Gasteiger partial charge in [-0.3, -0.25) is 4.79 Å². The Morgan fingerprint density at radius 1 is 0.900 bits per heavy atom. The summed E-state index contributed by atoms with van der Waals surface area (Å²) in [5.41, 5.74) is 1.90. The van der Waals surface area contributed by atoms with E-state index in [0.717, 1.165) is 48.3 Å². The molecule has 1 aromatic rings. The lowest BCUT2D eigenvalue weighted by atomic mass is 10.1. The van der Waals surface area contributed by atoms with Crippen molar-refractivity contribution in [2.45, 2.75) is 76.8 Å². The van der Waals surface area contributed by atoms with Crippen molar-refractivity contribution in [3.05, 3.63) is 71.5 Å². The lowest BCUT2D eigenvalue weighted by Gasteiger charge is -2.17. The Kier molecular flexibility index (Phi) is 11.4. The second kappa shape index (κ2) is 15.4. The summed E-state index contributed by atoms with van der Waals surface area (Å²) in [7, 11) is 0. The van der Waals surface area contributed by atoms with Crippen LogP contribution in [0, 0.1) is 0 Å². The van der Waals surface area contributed by atoms with E-state index in [4.69, 9.17) is 28.4 Å². The van der Waals surface area contributed by atoms with Crippen LogP contribution in [0.15, 0.2) is 66.0 Å². The van der Waals surface area contributed by atoms with Crippen LogP contribution < -0.4 is 4.74 Å². The summed E-state index contributed by atoms with van der Waals surface area (Å²) in [6, 6.07) is 7.53. The molecular weight excluding hydrogens is 512 g/mol. The van der Waals surface area contributed by atoms with E-state index in [9.17, 15) is 9.59 Å². The van der Waals surface area contributed by atoms with Gasteiger partial charge in [0.1, 0.15) is 23.7 Å². The summed E-state index contributed by atoms with van der Waals surface area (Å²) in [6.07, 6.45) is 13.9. The summed E-state index contributed by atoms with van der Waals surface area (Å²) in [5.74, 6) is 0.838. The molecule has 2 aliphatic heterocycles. The number of benzene rings is 1. The molecule has 8 heteroatoms. The average molecular weight is 553 g/mol. The minimum atomic E-state index is -0.560. The molecule has 0 bridgehead atoms. The number of allylic oxidation sites excluding steroid dienone is 4. The second-order valence-electron chi connectivity index (χ2n) is 10.0. The van der Waals surface area contributed by atoms with E-state index in [2.05, 4.69) is 13.8 Å². The first-order chi connectivity index (χ1) is 19.6. The van der Waals surface area contributed by atoms with Gasteiger partial charge in [-0.2, -0.15) is 0 Å². The molecular formula is C32H40O8. The largest absolute Gasteiger partial charge is 0.494 e. The van der Waals surface area contributed by atoms with E-state index in [0.29, 0.717) is 19.6 Å². The molecule has 216 valence electrons. The fourth-order valence-electron chi connectivity index (χ4n) is 4.56. The van der Waals surface area contributed by atoms with Crippen LogP contribution in [0.3, 0.4) is 0 Å². The summed E-state index contributed by atoms with van der Waals surface area (Å²) in [4.78, 5) is 24.9. The fraction of sp³-hybridized carbons (Fsp3) is 0.500. The quantitative estimate of drug-likeness (QED) is 0.170. The Morgan fingerprint density at radius 2 is 1.57 bits per heavy atom. The zero-order valence-corrected chi connectivity index (χ0v) is 23.4. The van der Waals surface area contributed by atoms with Gasteiger partial charge < -0.3 is 28.4 Å². The Hall–Kier alpha value is -3.36. The summed E-state index contributed by atoms with van der Waals surface area (Å²) in [5, 5.41) is 0. The number of rotatable bonds is 14. The Balaban J connectivity index is 1.17. The van der Waals surface area contributed by atoms with Gasteiger partial charge in [-0.05, 0) is 60.8 Å². The molecule has 0 N–H and O–H groups in total. The minimum absolute atomic E-state index is 0.155. The molecule has 8 nitrogen and oxygen atoms in total. The first-order valence-corrected chi connectivity index (χ1v) is 14.3. The fourth-order valence-corrected chi connectivity index (χ4v) is 4.56. The van der Waals surface area contributed by atoms with Crippen LogP contribution in [0.4, 0.5) is 0 Å². The van der Waals surface area contributed by atoms with Crippen molar-refractivity contribution < 1.29 is 38.0 Å². The van der Waals surface area contributed by atoms with E-state index >= 15 is 0 Å². The van der Waals surface area contributed by atoms with Gasteiger partial charge >= 0.3 is 11.9 Å². The van der Waals surface area contributed by atoms with Crippen LogP contribution >= 0.6 is 0 Å². The number of ether oxygens (including phenoxy) is 6. The summed E-state index contributed by atoms with van der Waals surface area (Å²) < 4.78 is 34.2. The highest BCUT2D eigenvalue weighted by Gasteiger charge is 2.51. The number of unbranched alkanes of at least 4 members (excludes halogenated alkanes) is 2. The van der Waals surface area contributed by atoms with Gasteiger partial charge in [0.2, 0.25) is 0 Å². The van der Waals surface area contributed by atoms with Crippen LogP contribution in [0.2, 0.25) is 0 Å². The van der Waals surface area contributed by atoms with Crippen LogP contribution in [0.1, 0.15) is 57.9 Å². The molecule has 0 amide bonds. The van der Waals surface area contributed by atoms with E-state index in [1.54, 1.807) is 6.08 Å². The molecule has 0 saturated carbocycles. The number of hydrogen-bond acceptors (Lipinski definition) is 8. The SMILES string of the molecule is CCCCOC1=CCC(=CCC(=O)O[C@@H]2CO[C@H]3[C@@H]2OC[C@H]3OC(=O)C=Cc2ccc(OCCCC)cc2)C=C1. The molecule has 0 radical (unpaired) electrons. The highest BCUT2D eigenvalue weighted by molar-refractivity contribution is 5.87. The van der Waals surface area contributed by atoms with Crippen molar-refractivity contribution in [3.8, 4) is 5.75 Å². The zero-order valence-electron chi connectivity index (χ0n) is 23.4. The predicted octanol–water partition coefficient (Wildman–Crippen LogP) is 5.48. The van der Waals surface area contributed by atoms with Crippen molar-refractivity contribution in [2.75, 3.05) is 26.4 Å². The van der Waals surface area contributed by atoms with E-state index in [1.807, 2.05) is 48.6 Å². The van der Waals surface area contributed by atoms with Crippen molar-refractivity contribution >= 4 is 18.0 Å². The van der Waals surface area contributed by atoms with Gasteiger partial charge in [0.05, 0.1) is 32.8 Å². The highest BCUT2D eigenvalue weighted by Crippen LogP contribution is 2.31. The number of esters is 2. The lowest BCUT2D eigenvalue weighted by Crippen LogP contribution is -2.35. The Morgan fingerprint density at radius 3 is 2.23 bits per heavy atom. The molecule has 40 heavy (non-hydrogen) atoms. The highest BCUT2D eigenvalue weighted by atomic mass is 16.7. The molecule has 1 aromatic carbocycles. The predicted molar refractivity (Wildman–Crippen MR) is 151 cm³/mol. The topological polar surface area (TPSA) is 89.5 Å². The Bertz CT molecular complexity index is 1100. The normalized spacial score (nSPS) is 24.6. The maximum absolute atomic E-state index is 12.5. The minimum Gasteiger partial charge on any atom is -0.494 e. The van der Waals surface area contributed by atoms with Gasteiger partial charge in [-0.25, -0.2) is 4.79 Å². The van der Waals surface area contributed by atoms with Crippen molar-refractivity contribution in [1.82, 2.24) is 0 Å². The van der Waals surface area contributed by atoms with Gasteiger partial charge in [0, 0.05) is 6.08 Å². The van der Waals surface area contributed by atoms with Crippen LogP contribution in [0.5, 0.6) is 5.75 Å². The third kappa shape index (κ3) is 8.83. The first kappa shape index (κ1) is 29.6. The van der Waals surface area contributed by atoms with Crippen molar-refractivity contribution in [1.29, 1.82) is 0 Å². The van der Waals surface area contributed by atoms with Gasteiger partial charge in [-0.1, -0.05) is 51.0 Å². The average Bonchev–Trinajstić information content (AvgIpc) is 3.55. The van der Waals surface area contributed by atoms with E-state index in [-0.39, 0.29) is 25.6 Å². The number of fused-ring (bicyclic) bond motifs is 1. The van der Waals surface area contributed by atoms with Crippen LogP contribution in [-0.2, 0) is 33.3 Å². The molecule has 4 atom stereocenters. The van der Waals surface area contributed by atoms with Gasteiger partial charge in [0.25, 0.3) is 0 Å². The molecule has 3 aliphatic rings. The van der Waals surface area contributed by atoms with Crippen LogP contribution in [-0.4, -0.2) is 62.8 Å². The second-order valence-corrected chi connectivity index (χ2v) is 10.0. The van der Waals surface area contributed by atoms with Crippen LogP contribution in [0.25, 0.3) is 6.08 Å². The van der Waals surface area contributed by atoms with Crippen molar-refractivity contribution in [2.24, 2.45) is 0 Å². The maximum Gasteiger partial charge on any atom is 0.331 e. The molecule has 0 aromatic heterocycles. The summed E-state index contributed by atoms with van der Waals surface area (Å²) >= 11 is 0. The molecule has 2 saturated heterocycles. The van der Waals surface area contributed by atoms with E-state index < -0.39 is 30.4 Å². The summed E-state index contributed by atoms with van der Waals surface area (Å²) in [6.45, 7) is 6.05. The molecule has 0 unspecified atom stereocenters. The number of hydrogen-bond donors (Lipinski definition) is 0. The number of carbonyl (C=O) groups excluding carboxylic acids is 2. The molecule has 2 fully saturated rings. The van der Waals surface area contributed by atoms with Gasteiger partial charge in [-0.15, -0.1) is 0 Å². The maximum atomic E-state index is 12.5. The third-order valence-electron chi connectivity index (χ3n) is 6.87. The number of carbonyl (C=O) groups is 2. The third-order valence-corrected chi connectivity index (χ3v) is 6.87. The van der Waals surface area contributed by atoms with E-state index in [1.165, 1.54) is 6.08 Å². The standard InChI is InChI=1S/C32H40O8/c1-3-5-19-35-25-13-7-23(8-14-25)11-17-29(33)39-27-21-37-32-28(22-38-31(27)32)40-30(34)18-12-24-9-15-26(16-10-24)36-20-6-4-2/h7-9,11-17,27-28,31-32H,3-6,10,18-22H2,1-2H3/t27-,28-,31-,32-/m1/s1. The Labute approximate surface area is 236 Å². The molecule has 0 spiro atoms.